The number of hydrogen-bond acceptors (Lipinski definition) is 4. The van der Waals surface area contributed by atoms with Gasteiger partial charge in [0.25, 0.3) is 11.5 Å². The zero-order chi connectivity index (χ0) is 19.3. The molecule has 0 spiro atoms. The predicted octanol–water partition coefficient (Wildman–Crippen LogP) is -0.0440. The van der Waals surface area contributed by atoms with Gasteiger partial charge in [0.05, 0.1) is 0 Å². The molecule has 1 aromatic heterocycles. The molecule has 1 aliphatic rings. The van der Waals surface area contributed by atoms with Crippen molar-refractivity contribution in [1.82, 2.24) is 14.5 Å². The van der Waals surface area contributed by atoms with Crippen LogP contribution in [0.3, 0.4) is 0 Å². The van der Waals surface area contributed by atoms with Gasteiger partial charge in [-0.3, -0.25) is 23.5 Å². The van der Waals surface area contributed by atoms with Crippen LogP contribution in [-0.4, -0.2) is 27.1 Å². The predicted molar refractivity (Wildman–Crippen MR) is 80.9 cm³/mol. The van der Waals surface area contributed by atoms with E-state index in [4.69, 9.17) is 0 Å². The zero-order valence-electron chi connectivity index (χ0n) is 13.9. The fraction of sp³-hybridized carbons (Fsp3) is 0.571. The summed E-state index contributed by atoms with van der Waals surface area (Å²) >= 11 is 0. The Labute approximate surface area is 139 Å². The molecule has 2 rings (SSSR count). The van der Waals surface area contributed by atoms with Crippen LogP contribution < -0.4 is 21.9 Å². The Kier molecular flexibility index (Phi) is 4.31. The highest BCUT2D eigenvalue weighted by Gasteiger charge is 2.68. The summed E-state index contributed by atoms with van der Waals surface area (Å²) in [6.45, 7) is 3.23. The van der Waals surface area contributed by atoms with Crippen LogP contribution in [0.4, 0.5) is 19.0 Å². The van der Waals surface area contributed by atoms with Crippen molar-refractivity contribution < 1.29 is 22.8 Å². The molecule has 0 bridgehead atoms. The zero-order valence-corrected chi connectivity index (χ0v) is 13.9. The fourth-order valence-corrected chi connectivity index (χ4v) is 2.73. The van der Waals surface area contributed by atoms with E-state index in [1.54, 1.807) is 19.2 Å². The molecule has 2 N–H and O–H groups in total. The highest BCUT2D eigenvalue weighted by atomic mass is 19.4. The second kappa shape index (κ2) is 5.74. The Morgan fingerprint density at radius 2 is 1.76 bits per heavy atom. The van der Waals surface area contributed by atoms with Crippen LogP contribution in [0.25, 0.3) is 0 Å². The molecule has 0 unspecified atom stereocenters. The molecule has 0 radical (unpaired) electrons. The number of amides is 2. The third-order valence-electron chi connectivity index (χ3n) is 3.96. The quantitative estimate of drug-likeness (QED) is 0.787. The monoisotopic (exact) mass is 362 g/mol. The van der Waals surface area contributed by atoms with Gasteiger partial charge in [-0.1, -0.05) is 13.8 Å². The number of carbonyl (C=O) groups is 2. The van der Waals surface area contributed by atoms with E-state index in [0.29, 0.717) is 4.57 Å². The lowest BCUT2D eigenvalue weighted by Crippen LogP contribution is -2.62. The third kappa shape index (κ3) is 2.63. The Balaban J connectivity index is 2.81. The topological polar surface area (TPSA) is 102 Å². The number of carbonyl (C=O) groups excluding carboxylic acids is 2. The molecule has 11 heteroatoms. The number of hydrogen-bond donors (Lipinski definition) is 2. The van der Waals surface area contributed by atoms with Gasteiger partial charge in [-0.2, -0.15) is 13.2 Å². The molecule has 8 nitrogen and oxygen atoms in total. The van der Waals surface area contributed by atoms with Gasteiger partial charge in [0.2, 0.25) is 11.4 Å². The first-order valence-corrected chi connectivity index (χ1v) is 7.34. The first-order chi connectivity index (χ1) is 11.3. The highest BCUT2D eigenvalue weighted by Crippen LogP contribution is 2.44. The number of alkyl halides is 3. The average Bonchev–Trinajstić information content (AvgIpc) is 2.76. The van der Waals surface area contributed by atoms with Crippen LogP contribution >= 0.6 is 0 Å². The lowest BCUT2D eigenvalue weighted by atomic mass is 9.91. The van der Waals surface area contributed by atoms with Crippen molar-refractivity contribution in [2.24, 2.45) is 20.0 Å². The number of anilines is 1. The highest BCUT2D eigenvalue weighted by molar-refractivity contribution is 6.07. The van der Waals surface area contributed by atoms with E-state index in [1.165, 1.54) is 0 Å². The molecular weight excluding hydrogens is 345 g/mol. The van der Waals surface area contributed by atoms with Gasteiger partial charge in [0, 0.05) is 20.5 Å². The van der Waals surface area contributed by atoms with Gasteiger partial charge < -0.3 is 10.6 Å². The van der Waals surface area contributed by atoms with Crippen LogP contribution in [0.5, 0.6) is 0 Å². The summed E-state index contributed by atoms with van der Waals surface area (Å²) < 4.78 is 42.8. The lowest BCUT2D eigenvalue weighted by molar-refractivity contribution is -0.200. The van der Waals surface area contributed by atoms with Crippen LogP contribution in [0.15, 0.2) is 9.59 Å². The number of rotatable bonds is 3. The molecule has 25 heavy (non-hydrogen) atoms. The van der Waals surface area contributed by atoms with Crippen LogP contribution in [0, 0.1) is 5.92 Å². The molecule has 2 amide bonds. The van der Waals surface area contributed by atoms with E-state index < -0.39 is 46.2 Å². The standard InChI is InChI=1S/C14H17F3N4O4/c1-6(2)5-7(22)19-13(14(15,16)17)8-9(18-11(13)24)20(3)12(25)21(4)10(8)23/h6H,5H2,1-4H3,(H,18,24)(H,19,22)/t13-/m0/s1. The van der Waals surface area contributed by atoms with E-state index in [1.807, 2.05) is 5.32 Å². The summed E-state index contributed by atoms with van der Waals surface area (Å²) in [7, 11) is 2.11. The normalized spacial score (nSPS) is 19.8. The average molecular weight is 362 g/mol. The number of aromatic nitrogens is 2. The second-order valence-electron chi connectivity index (χ2n) is 6.28. The fourth-order valence-electron chi connectivity index (χ4n) is 2.73. The SMILES string of the molecule is CC(C)CC(=O)N[C@]1(C(F)(F)F)C(=O)Nc2c1c(=O)n(C)c(=O)n2C. The summed E-state index contributed by atoms with van der Waals surface area (Å²) in [4.78, 5) is 48.5. The molecule has 0 fully saturated rings. The van der Waals surface area contributed by atoms with Crippen molar-refractivity contribution in [1.29, 1.82) is 0 Å². The number of nitrogens with one attached hydrogen (secondary N) is 2. The van der Waals surface area contributed by atoms with Crippen LogP contribution in [-0.2, 0) is 29.2 Å². The van der Waals surface area contributed by atoms with Crippen LogP contribution in [0.2, 0.25) is 0 Å². The van der Waals surface area contributed by atoms with Gasteiger partial charge in [-0.25, -0.2) is 4.79 Å². The first kappa shape index (κ1) is 18.7. The number of halogens is 3. The van der Waals surface area contributed by atoms with E-state index in [0.717, 1.165) is 18.7 Å². The van der Waals surface area contributed by atoms with Crippen LogP contribution in [0.1, 0.15) is 25.8 Å². The summed E-state index contributed by atoms with van der Waals surface area (Å²) in [6.07, 6.45) is -5.56. The molecule has 0 saturated heterocycles. The molecule has 1 aliphatic heterocycles. The smallest absolute Gasteiger partial charge is 0.330 e. The largest absolute Gasteiger partial charge is 0.425 e. The maximum Gasteiger partial charge on any atom is 0.425 e. The summed E-state index contributed by atoms with van der Waals surface area (Å²) in [5.41, 5.74) is -6.78. The minimum atomic E-state index is -5.29. The van der Waals surface area contributed by atoms with E-state index in [2.05, 4.69) is 0 Å². The first-order valence-electron chi connectivity index (χ1n) is 7.34. The number of nitrogens with zero attached hydrogens (tertiary/aromatic N) is 2. The van der Waals surface area contributed by atoms with E-state index >= 15 is 0 Å². The van der Waals surface area contributed by atoms with E-state index in [-0.39, 0.29) is 12.3 Å². The Morgan fingerprint density at radius 1 is 1.20 bits per heavy atom. The van der Waals surface area contributed by atoms with Crippen molar-refractivity contribution in [3.05, 3.63) is 26.4 Å². The Hall–Kier alpha value is -2.59. The minimum absolute atomic E-state index is 0.266. The maximum absolute atomic E-state index is 13.9. The van der Waals surface area contributed by atoms with Gasteiger partial charge in [0.15, 0.2) is 0 Å². The van der Waals surface area contributed by atoms with E-state index in [9.17, 15) is 32.3 Å². The molecule has 0 aromatic carbocycles. The molecule has 0 aliphatic carbocycles. The molecule has 1 aromatic rings. The second-order valence-corrected chi connectivity index (χ2v) is 6.28. The molecule has 1 atom stereocenters. The van der Waals surface area contributed by atoms with Gasteiger partial charge in [-0.15, -0.1) is 0 Å². The maximum atomic E-state index is 13.9. The van der Waals surface area contributed by atoms with Crippen molar-refractivity contribution in [2.45, 2.75) is 32.0 Å². The van der Waals surface area contributed by atoms with Crippen molar-refractivity contribution >= 4 is 17.6 Å². The molecular formula is C14H17F3N4O4. The van der Waals surface area contributed by atoms with Crippen molar-refractivity contribution in [2.75, 3.05) is 5.32 Å². The molecule has 0 saturated carbocycles. The van der Waals surface area contributed by atoms with Crippen molar-refractivity contribution in [3.8, 4) is 0 Å². The van der Waals surface area contributed by atoms with Gasteiger partial charge in [0.1, 0.15) is 11.4 Å². The van der Waals surface area contributed by atoms with Crippen molar-refractivity contribution in [3.63, 3.8) is 0 Å². The van der Waals surface area contributed by atoms with Gasteiger partial charge >= 0.3 is 11.9 Å². The Morgan fingerprint density at radius 3 is 2.24 bits per heavy atom. The molecule has 2 heterocycles. The minimum Gasteiger partial charge on any atom is -0.330 e. The third-order valence-corrected chi connectivity index (χ3v) is 3.96. The van der Waals surface area contributed by atoms with Gasteiger partial charge in [-0.05, 0) is 5.92 Å². The summed E-state index contributed by atoms with van der Waals surface area (Å²) in [5, 5.41) is 3.59. The number of fused-ring (bicyclic) bond motifs is 1. The lowest BCUT2D eigenvalue weighted by Gasteiger charge is -2.30. The Bertz CT molecular complexity index is 869. The molecule has 138 valence electrons. The summed E-state index contributed by atoms with van der Waals surface area (Å²) in [6, 6.07) is 0. The summed E-state index contributed by atoms with van der Waals surface area (Å²) in [5.74, 6) is -3.52.